The molecule has 0 atom stereocenters. The molecule has 16 heavy (non-hydrogen) atoms. The van der Waals surface area contributed by atoms with Crippen molar-refractivity contribution in [1.29, 1.82) is 0 Å². The Morgan fingerprint density at radius 2 is 1.75 bits per heavy atom. The van der Waals surface area contributed by atoms with Gasteiger partial charge in [0.25, 0.3) is 0 Å². The Hall–Kier alpha value is 0.592. The number of rotatable bonds is 9. The third-order valence-corrected chi connectivity index (χ3v) is 3.13. The summed E-state index contributed by atoms with van der Waals surface area (Å²) in [6.45, 7) is 6.95. The van der Waals surface area contributed by atoms with Crippen LogP contribution in [0.3, 0.4) is 0 Å². The lowest BCUT2D eigenvalue weighted by Gasteiger charge is -2.15. The Morgan fingerprint density at radius 3 is 2.12 bits per heavy atom. The van der Waals surface area contributed by atoms with Crippen molar-refractivity contribution in [2.45, 2.75) is 40.0 Å². The van der Waals surface area contributed by atoms with Crippen LogP contribution in [-0.4, -0.2) is 33.7 Å². The molecule has 0 N–H and O–H groups in total. The summed E-state index contributed by atoms with van der Waals surface area (Å²) in [5.41, 5.74) is 0. The molecule has 0 aromatic heterocycles. The minimum absolute atomic E-state index is 0.460. The van der Waals surface area contributed by atoms with Gasteiger partial charge in [-0.15, -0.1) is 11.7 Å². The predicted octanol–water partition coefficient (Wildman–Crippen LogP) is 3.16. The molecule has 4 nitrogen and oxygen atoms in total. The van der Waals surface area contributed by atoms with Crippen LogP contribution in [0, 0.1) is 0 Å². The van der Waals surface area contributed by atoms with Crippen LogP contribution in [-0.2, 0) is 16.4 Å². The van der Waals surface area contributed by atoms with E-state index in [0.717, 1.165) is 12.8 Å². The van der Waals surface area contributed by atoms with Crippen LogP contribution in [0.5, 0.6) is 0 Å². The first-order chi connectivity index (χ1) is 7.72. The van der Waals surface area contributed by atoms with Crippen LogP contribution < -0.4 is 0 Å². The molecule has 0 aliphatic heterocycles. The first-order valence-electron chi connectivity index (χ1n) is 5.54. The van der Waals surface area contributed by atoms with Crippen LogP contribution in [0.25, 0.3) is 0 Å². The van der Waals surface area contributed by atoms with Gasteiger partial charge in [-0.25, -0.2) is 0 Å². The summed E-state index contributed by atoms with van der Waals surface area (Å²) >= 11 is 1.19. The highest BCUT2D eigenvalue weighted by Gasteiger charge is 2.03. The SMILES string of the molecule is CCCO[O][Al-](=[O])[O]CCC.CCCSS. The van der Waals surface area contributed by atoms with Gasteiger partial charge in [0.2, 0.25) is 0 Å². The smallest absolute Gasteiger partial charge is 0.769 e. The van der Waals surface area contributed by atoms with Crippen molar-refractivity contribution in [2.24, 2.45) is 0 Å². The van der Waals surface area contributed by atoms with E-state index < -0.39 is 14.8 Å². The third kappa shape index (κ3) is 20.1. The van der Waals surface area contributed by atoms with Gasteiger partial charge >= 0.3 is 14.8 Å². The normalized spacial score (nSPS) is 9.00. The zero-order valence-corrected chi connectivity index (χ0v) is 13.2. The molecule has 0 aliphatic carbocycles. The minimum Gasteiger partial charge on any atom is -0.769 e. The average Bonchev–Trinajstić information content (AvgIpc) is 2.29. The fraction of sp³-hybridized carbons (Fsp3) is 1.00. The van der Waals surface area contributed by atoms with Gasteiger partial charge in [-0.3, -0.25) is 4.89 Å². The second kappa shape index (κ2) is 18.0. The second-order valence-corrected chi connectivity index (χ2v) is 5.46. The largest absolute Gasteiger partial charge is 0.840 e. The van der Waals surface area contributed by atoms with Crippen molar-refractivity contribution in [1.82, 2.24) is 0 Å². The van der Waals surface area contributed by atoms with E-state index in [1.165, 1.54) is 12.2 Å². The molecule has 0 unspecified atom stereocenters. The first kappa shape index (κ1) is 18.9. The molecule has 0 saturated heterocycles. The molecule has 0 aliphatic rings. The van der Waals surface area contributed by atoms with E-state index in [2.05, 4.69) is 27.4 Å². The van der Waals surface area contributed by atoms with Crippen molar-refractivity contribution in [2.75, 3.05) is 19.0 Å². The van der Waals surface area contributed by atoms with Crippen molar-refractivity contribution in [3.8, 4) is 0 Å². The number of thiol groups is 1. The molecule has 7 heteroatoms. The van der Waals surface area contributed by atoms with Gasteiger partial charge in [0.05, 0.1) is 6.61 Å². The molecule has 0 heterocycles. The van der Waals surface area contributed by atoms with E-state index in [1.54, 1.807) is 10.8 Å². The summed E-state index contributed by atoms with van der Waals surface area (Å²) in [7, 11) is 1.60. The molecule has 0 aromatic rings. The Kier molecular flexibility index (Phi) is 21.3. The molecule has 0 spiro atoms. The predicted molar refractivity (Wildman–Crippen MR) is 71.7 cm³/mol. The Morgan fingerprint density at radius 1 is 1.12 bits per heavy atom. The van der Waals surface area contributed by atoms with Crippen molar-refractivity contribution < 1.29 is 16.4 Å². The summed E-state index contributed by atoms with van der Waals surface area (Å²) in [5.74, 6) is 1.17. The number of hydrogen-bond acceptors (Lipinski definition) is 6. The maximum Gasteiger partial charge on any atom is 0.840 e. The van der Waals surface area contributed by atoms with Crippen LogP contribution in [0.2, 0.25) is 0 Å². The van der Waals surface area contributed by atoms with Crippen LogP contribution in [0.15, 0.2) is 0 Å². The maximum atomic E-state index is 10.7. The van der Waals surface area contributed by atoms with Crippen molar-refractivity contribution in [3.05, 3.63) is 0 Å². The maximum absolute atomic E-state index is 10.7. The topological polar surface area (TPSA) is 44.8 Å². The summed E-state index contributed by atoms with van der Waals surface area (Å²) < 4.78 is 19.9. The Bertz CT molecular complexity index is 147. The number of hydrogen-bond donors (Lipinski definition) is 1. The van der Waals surface area contributed by atoms with Gasteiger partial charge in [-0.2, -0.15) is 0 Å². The van der Waals surface area contributed by atoms with Gasteiger partial charge in [0.1, 0.15) is 0 Å². The fourth-order valence-electron chi connectivity index (χ4n) is 0.520. The first-order valence-corrected chi connectivity index (χ1v) is 9.00. The highest BCUT2D eigenvalue weighted by atomic mass is 33.1. The highest BCUT2D eigenvalue weighted by molar-refractivity contribution is 8.68. The standard InChI is InChI=1S/C3H8O2.C3H7O.C3H8S2.Al.O/c1-2-3-5-4;1-2-3-4;1-2-3-5-4;;/h4H,2-3H2,1H3;2-3H2,1H3;4H,2-3H2,1H3;;/q;-1;;+1;/p-1. The summed E-state index contributed by atoms with van der Waals surface area (Å²) in [5, 5.41) is 0. The molecule has 0 radical (unpaired) electrons. The molecule has 98 valence electrons. The highest BCUT2D eigenvalue weighted by Crippen LogP contribution is 2.04. The van der Waals surface area contributed by atoms with Crippen molar-refractivity contribution >= 4 is 37.2 Å². The lowest BCUT2D eigenvalue weighted by Crippen LogP contribution is -2.13. The van der Waals surface area contributed by atoms with Gasteiger partial charge in [-0.1, -0.05) is 31.6 Å². The van der Waals surface area contributed by atoms with E-state index >= 15 is 0 Å². The quantitative estimate of drug-likeness (QED) is 0.176. The molecule has 0 saturated carbocycles. The van der Waals surface area contributed by atoms with Gasteiger partial charge in [-0.05, 0) is 19.3 Å². The summed E-state index contributed by atoms with van der Waals surface area (Å²) in [6, 6.07) is 0. The molecular weight excluding hydrogens is 263 g/mol. The monoisotopic (exact) mass is 285 g/mol. The Balaban J connectivity index is 0. The molecule has 0 aromatic carbocycles. The van der Waals surface area contributed by atoms with Crippen LogP contribution in [0.1, 0.15) is 40.0 Å². The molecule has 0 amide bonds. The van der Waals surface area contributed by atoms with Gasteiger partial charge in [0, 0.05) is 12.4 Å². The zero-order chi connectivity index (χ0) is 12.6. The van der Waals surface area contributed by atoms with Crippen molar-refractivity contribution in [3.63, 3.8) is 0 Å². The molecule has 0 fully saturated rings. The van der Waals surface area contributed by atoms with Crippen LogP contribution >= 0.6 is 22.5 Å². The van der Waals surface area contributed by atoms with E-state index in [-0.39, 0.29) is 0 Å². The van der Waals surface area contributed by atoms with E-state index in [0.29, 0.717) is 13.2 Å². The lowest BCUT2D eigenvalue weighted by molar-refractivity contribution is -0.228. The molecule has 0 rings (SSSR count). The van der Waals surface area contributed by atoms with E-state index in [9.17, 15) is 3.80 Å². The minimum atomic E-state index is -2.72. The molecular formula is C9H22AlO4S2-. The third-order valence-electron chi connectivity index (χ3n) is 1.19. The summed E-state index contributed by atoms with van der Waals surface area (Å²) in [6.07, 6.45) is 2.91. The lowest BCUT2D eigenvalue weighted by atomic mass is 10.5. The van der Waals surface area contributed by atoms with Crippen LogP contribution in [0.4, 0.5) is 0 Å². The molecule has 0 bridgehead atoms. The average molecular weight is 285 g/mol. The van der Waals surface area contributed by atoms with E-state index in [1.807, 2.05) is 13.8 Å². The summed E-state index contributed by atoms with van der Waals surface area (Å²) in [4.78, 5) is 4.57. The van der Waals surface area contributed by atoms with Gasteiger partial charge in [0.15, 0.2) is 0 Å². The van der Waals surface area contributed by atoms with E-state index in [4.69, 9.17) is 3.79 Å². The van der Waals surface area contributed by atoms with Gasteiger partial charge < -0.3 is 11.5 Å². The second-order valence-electron chi connectivity index (χ2n) is 2.91. The Labute approximate surface area is 112 Å². The zero-order valence-electron chi connectivity index (χ0n) is 10.3. The fourth-order valence-corrected chi connectivity index (χ4v) is 1.94.